The van der Waals surface area contributed by atoms with E-state index in [1.807, 2.05) is 0 Å². The number of furan rings is 1. The van der Waals surface area contributed by atoms with Crippen molar-refractivity contribution in [3.63, 3.8) is 0 Å². The Bertz CT molecular complexity index is 2180. The van der Waals surface area contributed by atoms with Crippen LogP contribution in [0.15, 0.2) is 102 Å². The summed E-state index contributed by atoms with van der Waals surface area (Å²) in [5.41, 5.74) is 13.2. The molecule has 0 radical (unpaired) electrons. The number of hydrogen-bond donors (Lipinski definition) is 0. The standard InChI is InChI=1S/C44H46N2O/c1-5-43(4)44(6-2,22-24-45-23-12-11-16-39(45)32-14-8-7-13-29(32)3)38-27-42-35(33-15-9-10-17-41(33)47-42)25-36(38)40-26-34-30-18-20-31(21-19-30)37(34)28-46(40)43/h7-17,23,25-28,30-31H,5-6,18-22,24H2,1-4H3/q+2. The van der Waals surface area contributed by atoms with Crippen molar-refractivity contribution >= 4 is 21.9 Å². The van der Waals surface area contributed by atoms with Gasteiger partial charge >= 0.3 is 0 Å². The van der Waals surface area contributed by atoms with E-state index in [-0.39, 0.29) is 11.0 Å². The van der Waals surface area contributed by atoms with Gasteiger partial charge in [-0.25, -0.2) is 0 Å². The summed E-state index contributed by atoms with van der Waals surface area (Å²) in [5, 5.41) is 2.44. The molecule has 236 valence electrons. The maximum atomic E-state index is 6.62. The molecule has 3 aliphatic carbocycles. The maximum Gasteiger partial charge on any atom is 0.213 e. The van der Waals surface area contributed by atoms with E-state index < -0.39 is 0 Å². The van der Waals surface area contributed by atoms with E-state index in [0.29, 0.717) is 11.8 Å². The topological polar surface area (TPSA) is 20.9 Å². The van der Waals surface area contributed by atoms with Crippen LogP contribution in [0.2, 0.25) is 0 Å². The highest BCUT2D eigenvalue weighted by Crippen LogP contribution is 2.56. The first-order chi connectivity index (χ1) is 23.0. The molecule has 1 saturated carbocycles. The first-order valence-electron chi connectivity index (χ1n) is 18.1. The van der Waals surface area contributed by atoms with Crippen molar-refractivity contribution in [1.82, 2.24) is 0 Å². The van der Waals surface area contributed by atoms with Gasteiger partial charge in [-0.1, -0.05) is 50.2 Å². The van der Waals surface area contributed by atoms with E-state index in [1.165, 1.54) is 70.1 Å². The summed E-state index contributed by atoms with van der Waals surface area (Å²) < 4.78 is 11.9. The zero-order valence-corrected chi connectivity index (χ0v) is 28.4. The number of benzene rings is 3. The number of aromatic nitrogens is 2. The van der Waals surface area contributed by atoms with Crippen LogP contribution in [0.3, 0.4) is 0 Å². The molecule has 3 heteroatoms. The molecule has 0 spiro atoms. The van der Waals surface area contributed by atoms with Gasteiger partial charge in [0.15, 0.2) is 17.9 Å². The van der Waals surface area contributed by atoms with Gasteiger partial charge in [0.25, 0.3) is 0 Å². The van der Waals surface area contributed by atoms with E-state index in [1.54, 1.807) is 11.1 Å². The molecule has 0 amide bonds. The lowest BCUT2D eigenvalue weighted by Gasteiger charge is -2.49. The maximum absolute atomic E-state index is 6.62. The highest BCUT2D eigenvalue weighted by Gasteiger charge is 2.60. The largest absolute Gasteiger partial charge is 0.456 e. The number of fused-ring (bicyclic) bond motifs is 8. The average molecular weight is 619 g/mol. The molecule has 6 aromatic rings. The molecular weight excluding hydrogens is 572 g/mol. The van der Waals surface area contributed by atoms with Crippen molar-refractivity contribution in [2.75, 3.05) is 0 Å². The monoisotopic (exact) mass is 618 g/mol. The fourth-order valence-electron chi connectivity index (χ4n) is 10.3. The van der Waals surface area contributed by atoms with Gasteiger partial charge in [-0.05, 0) is 97.9 Å². The Morgan fingerprint density at radius 2 is 1.47 bits per heavy atom. The minimum atomic E-state index is -0.104. The zero-order chi connectivity index (χ0) is 31.9. The Labute approximate surface area is 278 Å². The number of nitrogens with zero attached hydrogens (tertiary/aromatic N) is 2. The minimum absolute atomic E-state index is 0.102. The van der Waals surface area contributed by atoms with E-state index in [9.17, 15) is 0 Å². The summed E-state index contributed by atoms with van der Waals surface area (Å²) in [6, 6.07) is 31.6. The Kier molecular flexibility index (Phi) is 6.55. The zero-order valence-electron chi connectivity index (χ0n) is 28.4. The minimum Gasteiger partial charge on any atom is -0.456 e. The van der Waals surface area contributed by atoms with Crippen LogP contribution in [0.4, 0.5) is 0 Å². The van der Waals surface area contributed by atoms with Crippen molar-refractivity contribution < 1.29 is 13.6 Å². The molecule has 1 aliphatic heterocycles. The Hall–Kier alpha value is -4.24. The molecule has 3 nitrogen and oxygen atoms in total. The third kappa shape index (κ3) is 4.04. The number of pyridine rings is 2. The average Bonchev–Trinajstić information content (AvgIpc) is 3.49. The first-order valence-corrected chi connectivity index (χ1v) is 18.1. The van der Waals surface area contributed by atoms with Gasteiger partial charge in [0.1, 0.15) is 17.7 Å². The van der Waals surface area contributed by atoms with Crippen molar-refractivity contribution in [3.05, 3.63) is 120 Å². The number of hydrogen-bond acceptors (Lipinski definition) is 1. The van der Waals surface area contributed by atoms with Crippen LogP contribution >= 0.6 is 0 Å². The molecule has 2 unspecified atom stereocenters. The van der Waals surface area contributed by atoms with Crippen LogP contribution in [-0.4, -0.2) is 0 Å². The molecule has 3 aromatic carbocycles. The highest BCUT2D eigenvalue weighted by molar-refractivity contribution is 6.06. The van der Waals surface area contributed by atoms with Gasteiger partial charge in [0, 0.05) is 59.9 Å². The summed E-state index contributed by atoms with van der Waals surface area (Å²) in [6.07, 6.45) is 13.5. The van der Waals surface area contributed by atoms with Crippen LogP contribution in [0, 0.1) is 6.92 Å². The third-order valence-electron chi connectivity index (χ3n) is 13.1. The Morgan fingerprint density at radius 1 is 0.723 bits per heavy atom. The SMILES string of the molecule is CCC1(CC[n+]2ccccc2-c2ccccc2C)c2cc3oc4ccccc4c3cc2-c2cc3c(c[n+]2C1(C)CC)C1CCC3CC1. The van der Waals surface area contributed by atoms with Gasteiger partial charge in [0.2, 0.25) is 11.4 Å². The number of rotatable bonds is 6. The lowest BCUT2D eigenvalue weighted by atomic mass is 9.57. The predicted molar refractivity (Wildman–Crippen MR) is 191 cm³/mol. The van der Waals surface area contributed by atoms with E-state index in [0.717, 1.165) is 37.0 Å². The molecule has 4 heterocycles. The summed E-state index contributed by atoms with van der Waals surface area (Å²) in [4.78, 5) is 0. The van der Waals surface area contributed by atoms with Crippen molar-refractivity contribution in [2.24, 2.45) is 0 Å². The smallest absolute Gasteiger partial charge is 0.213 e. The molecule has 4 aliphatic rings. The van der Waals surface area contributed by atoms with Crippen LogP contribution < -0.4 is 9.13 Å². The van der Waals surface area contributed by atoms with Gasteiger partial charge in [0.05, 0.1) is 11.0 Å². The van der Waals surface area contributed by atoms with E-state index in [2.05, 4.69) is 134 Å². The van der Waals surface area contributed by atoms with Gasteiger partial charge in [-0.3, -0.25) is 0 Å². The summed E-state index contributed by atoms with van der Waals surface area (Å²) in [6.45, 7) is 10.6. The second kappa shape index (κ2) is 10.6. The van der Waals surface area contributed by atoms with Gasteiger partial charge in [-0.15, -0.1) is 0 Å². The van der Waals surface area contributed by atoms with E-state index in [4.69, 9.17) is 4.42 Å². The van der Waals surface area contributed by atoms with Crippen LogP contribution in [-0.2, 0) is 17.5 Å². The van der Waals surface area contributed by atoms with Crippen molar-refractivity contribution in [1.29, 1.82) is 0 Å². The van der Waals surface area contributed by atoms with Gasteiger partial charge in [-0.2, -0.15) is 9.13 Å². The lowest BCUT2D eigenvalue weighted by Crippen LogP contribution is -2.69. The normalized spacial score (nSPS) is 24.3. The molecule has 10 rings (SSSR count). The molecule has 0 saturated heterocycles. The Balaban J connectivity index is 1.28. The number of para-hydroxylation sites is 1. The summed E-state index contributed by atoms with van der Waals surface area (Å²) >= 11 is 0. The summed E-state index contributed by atoms with van der Waals surface area (Å²) in [7, 11) is 0. The molecule has 2 bridgehead atoms. The second-order valence-corrected chi connectivity index (χ2v) is 14.9. The number of aryl methyl sites for hydroxylation is 2. The molecule has 47 heavy (non-hydrogen) atoms. The third-order valence-corrected chi connectivity index (χ3v) is 13.1. The second-order valence-electron chi connectivity index (χ2n) is 14.9. The molecule has 3 aromatic heterocycles. The molecular formula is C44H46N2O+2. The van der Waals surface area contributed by atoms with Gasteiger partial charge < -0.3 is 4.42 Å². The fraction of sp³-hybridized carbons (Fsp3) is 0.364. The first kappa shape index (κ1) is 28.9. The van der Waals surface area contributed by atoms with Crippen LogP contribution in [0.5, 0.6) is 0 Å². The fourth-order valence-corrected chi connectivity index (χ4v) is 10.3. The van der Waals surface area contributed by atoms with Crippen molar-refractivity contribution in [2.45, 2.75) is 102 Å². The quantitative estimate of drug-likeness (QED) is 0.170. The predicted octanol–water partition coefficient (Wildman–Crippen LogP) is 10.4. The Morgan fingerprint density at radius 3 is 2.26 bits per heavy atom. The van der Waals surface area contributed by atoms with E-state index >= 15 is 0 Å². The lowest BCUT2D eigenvalue weighted by molar-refractivity contribution is -0.769. The summed E-state index contributed by atoms with van der Waals surface area (Å²) in [5.74, 6) is 1.42. The van der Waals surface area contributed by atoms with Crippen molar-refractivity contribution in [3.8, 4) is 22.5 Å². The molecule has 1 fully saturated rings. The molecule has 2 atom stereocenters. The highest BCUT2D eigenvalue weighted by atomic mass is 16.3. The van der Waals surface area contributed by atoms with Crippen LogP contribution in [0.25, 0.3) is 44.5 Å². The van der Waals surface area contributed by atoms with Crippen LogP contribution in [0.1, 0.15) is 99.8 Å². The molecule has 0 N–H and O–H groups in total.